The van der Waals surface area contributed by atoms with Crippen LogP contribution in [0.15, 0.2) is 24.3 Å². The molecule has 25 heavy (non-hydrogen) atoms. The van der Waals surface area contributed by atoms with Gasteiger partial charge < -0.3 is 15.5 Å². The SMILES string of the molecule is CN1[C@@H]2CC[C@H]1C[C@@H](N1Cc3cccc4c(N)c(Cl)cc(c34)C1=O)C2. The molecule has 3 aliphatic rings. The second kappa shape index (κ2) is 5.36. The van der Waals surface area contributed by atoms with Crippen molar-refractivity contribution in [2.45, 2.75) is 50.4 Å². The summed E-state index contributed by atoms with van der Waals surface area (Å²) in [5, 5.41) is 2.36. The van der Waals surface area contributed by atoms with Crippen molar-refractivity contribution in [2.24, 2.45) is 0 Å². The van der Waals surface area contributed by atoms with Crippen LogP contribution in [-0.2, 0) is 6.54 Å². The molecule has 0 aliphatic carbocycles. The molecule has 0 saturated carbocycles. The van der Waals surface area contributed by atoms with Gasteiger partial charge in [-0.25, -0.2) is 0 Å². The lowest BCUT2D eigenvalue weighted by atomic mass is 9.89. The zero-order valence-electron chi connectivity index (χ0n) is 14.3. The Hall–Kier alpha value is -1.78. The van der Waals surface area contributed by atoms with Crippen LogP contribution in [0.1, 0.15) is 41.6 Å². The van der Waals surface area contributed by atoms with Gasteiger partial charge in [-0.1, -0.05) is 29.8 Å². The minimum Gasteiger partial charge on any atom is -0.397 e. The van der Waals surface area contributed by atoms with Gasteiger partial charge in [0.1, 0.15) is 0 Å². The van der Waals surface area contributed by atoms with Crippen LogP contribution in [-0.4, -0.2) is 40.9 Å². The molecule has 2 aromatic rings. The van der Waals surface area contributed by atoms with Crippen LogP contribution in [0.5, 0.6) is 0 Å². The van der Waals surface area contributed by atoms with E-state index >= 15 is 0 Å². The fraction of sp³-hybridized carbons (Fsp3) is 0.450. The van der Waals surface area contributed by atoms with Gasteiger partial charge in [0.05, 0.1) is 10.7 Å². The fourth-order valence-corrected chi connectivity index (χ4v) is 5.40. The van der Waals surface area contributed by atoms with Crippen LogP contribution in [0.2, 0.25) is 5.02 Å². The average molecular weight is 356 g/mol. The number of benzene rings is 2. The predicted molar refractivity (Wildman–Crippen MR) is 101 cm³/mol. The molecule has 0 spiro atoms. The lowest BCUT2D eigenvalue weighted by Crippen LogP contribution is -2.51. The van der Waals surface area contributed by atoms with E-state index in [1.165, 1.54) is 18.4 Å². The molecule has 130 valence electrons. The third-order valence-electron chi connectivity index (χ3n) is 6.58. The van der Waals surface area contributed by atoms with Gasteiger partial charge in [-0.3, -0.25) is 4.79 Å². The number of nitrogens with two attached hydrogens (primary N) is 1. The highest BCUT2D eigenvalue weighted by Gasteiger charge is 2.42. The summed E-state index contributed by atoms with van der Waals surface area (Å²) in [6.45, 7) is 0.679. The van der Waals surface area contributed by atoms with Gasteiger partial charge in [0.15, 0.2) is 0 Å². The van der Waals surface area contributed by atoms with Gasteiger partial charge in [0, 0.05) is 41.0 Å². The van der Waals surface area contributed by atoms with Crippen LogP contribution >= 0.6 is 11.6 Å². The van der Waals surface area contributed by atoms with E-state index in [0.29, 0.717) is 40.9 Å². The number of nitrogen functional groups attached to an aromatic ring is 1. The molecule has 3 atom stereocenters. The molecule has 5 heteroatoms. The van der Waals surface area contributed by atoms with Gasteiger partial charge in [-0.15, -0.1) is 0 Å². The maximum atomic E-state index is 13.3. The van der Waals surface area contributed by atoms with Crippen molar-refractivity contribution in [1.29, 1.82) is 0 Å². The van der Waals surface area contributed by atoms with E-state index in [9.17, 15) is 4.79 Å². The normalized spacial score (nSPS) is 28.8. The zero-order chi connectivity index (χ0) is 17.3. The Bertz CT molecular complexity index is 882. The molecule has 2 aromatic carbocycles. The first kappa shape index (κ1) is 15.5. The number of carbonyl (C=O) groups is 1. The maximum Gasteiger partial charge on any atom is 0.255 e. The number of hydrogen-bond acceptors (Lipinski definition) is 3. The Kier molecular flexibility index (Phi) is 3.32. The largest absolute Gasteiger partial charge is 0.397 e. The second-order valence-corrected chi connectivity index (χ2v) is 8.18. The Morgan fingerprint density at radius 2 is 1.88 bits per heavy atom. The van der Waals surface area contributed by atoms with Crippen molar-refractivity contribution >= 4 is 34.0 Å². The maximum absolute atomic E-state index is 13.3. The molecular weight excluding hydrogens is 334 g/mol. The molecule has 0 radical (unpaired) electrons. The first-order valence-corrected chi connectivity index (χ1v) is 9.45. The molecule has 0 aromatic heterocycles. The van der Waals surface area contributed by atoms with Gasteiger partial charge in [-0.05, 0) is 44.4 Å². The topological polar surface area (TPSA) is 49.6 Å². The smallest absolute Gasteiger partial charge is 0.255 e. The van der Waals surface area contributed by atoms with Crippen LogP contribution in [0.4, 0.5) is 5.69 Å². The van der Waals surface area contributed by atoms with Crippen molar-refractivity contribution in [3.63, 3.8) is 0 Å². The summed E-state index contributed by atoms with van der Waals surface area (Å²) in [6, 6.07) is 9.40. The van der Waals surface area contributed by atoms with E-state index in [1.807, 2.05) is 12.1 Å². The first-order valence-electron chi connectivity index (χ1n) is 9.07. The average Bonchev–Trinajstić information content (AvgIpc) is 2.83. The number of piperidine rings is 1. The molecule has 0 unspecified atom stereocenters. The molecule has 5 rings (SSSR count). The number of amides is 1. The quantitative estimate of drug-likeness (QED) is 0.794. The summed E-state index contributed by atoms with van der Waals surface area (Å²) < 4.78 is 0. The number of nitrogens with zero attached hydrogens (tertiary/aromatic N) is 2. The van der Waals surface area contributed by atoms with Gasteiger partial charge >= 0.3 is 0 Å². The van der Waals surface area contributed by atoms with Crippen molar-refractivity contribution in [3.8, 4) is 0 Å². The first-order chi connectivity index (χ1) is 12.0. The molecule has 4 nitrogen and oxygen atoms in total. The molecule has 2 fully saturated rings. The van der Waals surface area contributed by atoms with E-state index < -0.39 is 0 Å². The van der Waals surface area contributed by atoms with Gasteiger partial charge in [0.25, 0.3) is 5.91 Å². The molecule has 1 amide bonds. The lowest BCUT2D eigenvalue weighted by molar-refractivity contribution is 0.0452. The number of hydrogen-bond donors (Lipinski definition) is 1. The summed E-state index contributed by atoms with van der Waals surface area (Å²) in [5.41, 5.74) is 8.62. The number of carbonyl (C=O) groups excluding carboxylic acids is 1. The molecule has 2 saturated heterocycles. The van der Waals surface area contributed by atoms with Crippen LogP contribution in [0, 0.1) is 0 Å². The Morgan fingerprint density at radius 1 is 1.16 bits per heavy atom. The fourth-order valence-electron chi connectivity index (χ4n) is 5.19. The minimum atomic E-state index is 0.111. The third-order valence-corrected chi connectivity index (χ3v) is 6.90. The second-order valence-electron chi connectivity index (χ2n) is 7.77. The Balaban J connectivity index is 1.58. The van der Waals surface area contributed by atoms with E-state index in [0.717, 1.165) is 23.6 Å². The van der Waals surface area contributed by atoms with Crippen molar-refractivity contribution in [3.05, 3.63) is 40.4 Å². The highest BCUT2D eigenvalue weighted by Crippen LogP contribution is 2.41. The lowest BCUT2D eigenvalue weighted by Gasteiger charge is -2.43. The molecular formula is C20H22ClN3O. The number of fused-ring (bicyclic) bond motifs is 2. The van der Waals surface area contributed by atoms with E-state index in [-0.39, 0.29) is 5.91 Å². The number of halogens is 1. The standard InChI is InChI=1S/C20H22ClN3O/c1-23-12-5-6-13(23)8-14(7-12)24-10-11-3-2-4-15-18(11)16(20(24)25)9-17(21)19(15)22/h2-4,9,12-14H,5-8,10,22H2,1H3/t12-,13+,14+. The number of anilines is 1. The summed E-state index contributed by atoms with van der Waals surface area (Å²) >= 11 is 6.32. The predicted octanol–water partition coefficient (Wildman–Crippen LogP) is 3.66. The van der Waals surface area contributed by atoms with Crippen molar-refractivity contribution in [2.75, 3.05) is 12.8 Å². The number of rotatable bonds is 1. The van der Waals surface area contributed by atoms with E-state index in [1.54, 1.807) is 6.07 Å². The van der Waals surface area contributed by atoms with Gasteiger partial charge in [0.2, 0.25) is 0 Å². The third kappa shape index (κ3) is 2.14. The molecule has 2 N–H and O–H groups in total. The van der Waals surface area contributed by atoms with Crippen LogP contribution < -0.4 is 5.73 Å². The van der Waals surface area contributed by atoms with Crippen LogP contribution in [0.3, 0.4) is 0 Å². The molecule has 3 heterocycles. The molecule has 2 bridgehead atoms. The minimum absolute atomic E-state index is 0.111. The Morgan fingerprint density at radius 3 is 2.60 bits per heavy atom. The summed E-state index contributed by atoms with van der Waals surface area (Å²) in [5.74, 6) is 0.111. The van der Waals surface area contributed by atoms with Crippen molar-refractivity contribution in [1.82, 2.24) is 9.80 Å². The van der Waals surface area contributed by atoms with E-state index in [4.69, 9.17) is 17.3 Å². The molecule has 3 aliphatic heterocycles. The monoisotopic (exact) mass is 355 g/mol. The van der Waals surface area contributed by atoms with Crippen molar-refractivity contribution < 1.29 is 4.79 Å². The summed E-state index contributed by atoms with van der Waals surface area (Å²) in [4.78, 5) is 17.9. The summed E-state index contributed by atoms with van der Waals surface area (Å²) in [6.07, 6.45) is 4.67. The zero-order valence-corrected chi connectivity index (χ0v) is 15.1. The van der Waals surface area contributed by atoms with Gasteiger partial charge in [-0.2, -0.15) is 0 Å². The summed E-state index contributed by atoms with van der Waals surface area (Å²) in [7, 11) is 2.23. The highest BCUT2D eigenvalue weighted by atomic mass is 35.5. The Labute approximate surface area is 152 Å². The van der Waals surface area contributed by atoms with Crippen LogP contribution in [0.25, 0.3) is 10.8 Å². The highest BCUT2D eigenvalue weighted by molar-refractivity contribution is 6.36. The van der Waals surface area contributed by atoms with E-state index in [2.05, 4.69) is 22.9 Å².